The Hall–Kier alpha value is -4.27. The van der Waals surface area contributed by atoms with Crippen LogP contribution in [-0.4, -0.2) is 52.9 Å². The maximum Gasteiger partial charge on any atom is 0.251 e. The Kier molecular flexibility index (Phi) is 8.60. The number of carbonyl (C=O) groups excluding carboxylic acids is 3. The lowest BCUT2D eigenvalue weighted by molar-refractivity contribution is -0.122. The van der Waals surface area contributed by atoms with Gasteiger partial charge in [0.1, 0.15) is 0 Å². The Morgan fingerprint density at radius 2 is 1.62 bits per heavy atom. The average molecular weight is 507 g/mol. The minimum Gasteiger partial charge on any atom is -0.494 e. The Labute approximate surface area is 216 Å². The molecule has 0 aliphatic rings. The summed E-state index contributed by atoms with van der Waals surface area (Å²) in [5, 5.41) is 25.7. The third-order valence-corrected chi connectivity index (χ3v) is 6.24. The van der Waals surface area contributed by atoms with Crippen LogP contribution in [0.5, 0.6) is 11.8 Å². The molecule has 2 aromatic carbocycles. The number of H-pyrrole nitrogens is 1. The minimum atomic E-state index is -0.948. The fourth-order valence-corrected chi connectivity index (χ4v) is 4.08. The molecular formula is C28H34N4O5. The summed E-state index contributed by atoms with van der Waals surface area (Å²) in [6.45, 7) is 5.05. The fraction of sp³-hybridized carbons (Fsp3) is 0.321. The molecule has 37 heavy (non-hydrogen) atoms. The summed E-state index contributed by atoms with van der Waals surface area (Å²) in [7, 11) is 3.77. The second kappa shape index (κ2) is 11.6. The molecule has 0 unspecified atom stereocenters. The van der Waals surface area contributed by atoms with E-state index in [1.165, 1.54) is 6.92 Å². The van der Waals surface area contributed by atoms with Crippen LogP contribution in [0, 0.1) is 12.8 Å². The third kappa shape index (κ3) is 6.49. The number of nitrogens with zero attached hydrogens (tertiary/aromatic N) is 1. The van der Waals surface area contributed by atoms with Gasteiger partial charge in [0.15, 0.2) is 11.7 Å². The first-order chi connectivity index (χ1) is 17.5. The first-order valence-corrected chi connectivity index (χ1v) is 12.1. The van der Waals surface area contributed by atoms with Gasteiger partial charge < -0.3 is 25.7 Å². The highest BCUT2D eigenvalue weighted by atomic mass is 16.3. The van der Waals surface area contributed by atoms with E-state index in [1.54, 1.807) is 32.0 Å². The maximum absolute atomic E-state index is 13.2. The van der Waals surface area contributed by atoms with Crippen LogP contribution in [0.15, 0.2) is 54.6 Å². The van der Waals surface area contributed by atoms with Crippen LogP contribution in [0.4, 0.5) is 5.69 Å². The lowest BCUT2D eigenvalue weighted by Gasteiger charge is -2.24. The molecule has 0 saturated carbocycles. The molecule has 0 fully saturated rings. The normalized spacial score (nSPS) is 12.6. The van der Waals surface area contributed by atoms with Gasteiger partial charge in [-0.2, -0.15) is 0 Å². The number of rotatable bonds is 10. The van der Waals surface area contributed by atoms with Crippen LogP contribution < -0.4 is 15.5 Å². The lowest BCUT2D eigenvalue weighted by atomic mass is 9.93. The van der Waals surface area contributed by atoms with E-state index < -0.39 is 29.7 Å². The van der Waals surface area contributed by atoms with Gasteiger partial charge in [-0.25, -0.2) is 0 Å². The van der Waals surface area contributed by atoms with Gasteiger partial charge in [-0.15, -0.1) is 0 Å². The number of amides is 2. The van der Waals surface area contributed by atoms with Crippen LogP contribution in [-0.2, 0) is 4.79 Å². The van der Waals surface area contributed by atoms with E-state index in [1.807, 2.05) is 55.4 Å². The zero-order valence-corrected chi connectivity index (χ0v) is 21.7. The molecule has 1 heterocycles. The van der Waals surface area contributed by atoms with Gasteiger partial charge in [-0.3, -0.25) is 19.4 Å². The van der Waals surface area contributed by atoms with Gasteiger partial charge in [0.05, 0.1) is 24.1 Å². The average Bonchev–Trinajstić information content (AvgIpc) is 3.12. The second-order valence-electron chi connectivity index (χ2n) is 9.56. The minimum absolute atomic E-state index is 0.0646. The summed E-state index contributed by atoms with van der Waals surface area (Å²) in [5.41, 5.74) is 2.21. The van der Waals surface area contributed by atoms with E-state index in [-0.39, 0.29) is 35.3 Å². The van der Waals surface area contributed by atoms with E-state index in [9.17, 15) is 24.6 Å². The van der Waals surface area contributed by atoms with Crippen LogP contribution in [0.25, 0.3) is 0 Å². The predicted octanol–water partition coefficient (Wildman–Crippen LogP) is 3.69. The summed E-state index contributed by atoms with van der Waals surface area (Å²) in [6, 6.07) is 14.7. The number of nitrogens with one attached hydrogen (secondary N) is 3. The fourth-order valence-electron chi connectivity index (χ4n) is 4.08. The van der Waals surface area contributed by atoms with E-state index in [0.717, 1.165) is 11.3 Å². The van der Waals surface area contributed by atoms with Crippen molar-refractivity contribution in [3.05, 3.63) is 76.9 Å². The van der Waals surface area contributed by atoms with Crippen LogP contribution in [0.1, 0.15) is 58.2 Å². The zero-order valence-electron chi connectivity index (χ0n) is 21.7. The highest BCUT2D eigenvalue weighted by Gasteiger charge is 2.31. The summed E-state index contributed by atoms with van der Waals surface area (Å²) in [6.07, 6.45) is -0.108. The monoisotopic (exact) mass is 506 g/mol. The Morgan fingerprint density at radius 1 is 0.946 bits per heavy atom. The highest BCUT2D eigenvalue weighted by Crippen LogP contribution is 2.30. The molecule has 9 nitrogen and oxygen atoms in total. The van der Waals surface area contributed by atoms with Crippen molar-refractivity contribution >= 4 is 23.3 Å². The number of aromatic hydroxyl groups is 2. The molecule has 0 aliphatic heterocycles. The summed E-state index contributed by atoms with van der Waals surface area (Å²) in [5.74, 6) is -2.35. The number of benzene rings is 2. The Morgan fingerprint density at radius 3 is 2.19 bits per heavy atom. The number of aromatic amines is 1. The molecule has 0 radical (unpaired) electrons. The zero-order chi connectivity index (χ0) is 27.3. The lowest BCUT2D eigenvalue weighted by Crippen LogP contribution is -2.45. The van der Waals surface area contributed by atoms with Gasteiger partial charge in [-0.05, 0) is 36.6 Å². The van der Waals surface area contributed by atoms with Crippen molar-refractivity contribution in [1.29, 1.82) is 0 Å². The molecular weight excluding hydrogens is 472 g/mol. The molecule has 0 bridgehead atoms. The Balaban J connectivity index is 1.81. The van der Waals surface area contributed by atoms with Gasteiger partial charge in [-0.1, -0.05) is 50.2 Å². The van der Waals surface area contributed by atoms with Gasteiger partial charge >= 0.3 is 0 Å². The number of Topliss-reactive ketones (excluding diaryl/α,β-unsaturated/α-hetero) is 1. The quantitative estimate of drug-likeness (QED) is 0.266. The SMILES string of the molecule is Cc1c(O)[nH]c(O)c1C(=O)[C@@H](NC(=O)C[C@H](NC(=O)c1cccc(N(C)C)c1)c1ccccc1)C(C)C. The Bertz CT molecular complexity index is 1270. The number of hydrogen-bond acceptors (Lipinski definition) is 6. The molecule has 0 spiro atoms. The number of aromatic nitrogens is 1. The van der Waals surface area contributed by atoms with Crippen LogP contribution in [0.2, 0.25) is 0 Å². The molecule has 3 rings (SSSR count). The van der Waals surface area contributed by atoms with Gasteiger partial charge in [0.25, 0.3) is 5.91 Å². The van der Waals surface area contributed by atoms with Crippen molar-refractivity contribution in [2.75, 3.05) is 19.0 Å². The van der Waals surface area contributed by atoms with E-state index in [4.69, 9.17) is 0 Å². The third-order valence-electron chi connectivity index (χ3n) is 6.24. The number of carbonyl (C=O) groups is 3. The largest absolute Gasteiger partial charge is 0.494 e. The molecule has 2 atom stereocenters. The second-order valence-corrected chi connectivity index (χ2v) is 9.56. The topological polar surface area (TPSA) is 135 Å². The first-order valence-electron chi connectivity index (χ1n) is 12.1. The van der Waals surface area contributed by atoms with E-state index in [0.29, 0.717) is 5.56 Å². The van der Waals surface area contributed by atoms with Crippen molar-refractivity contribution < 1.29 is 24.6 Å². The smallest absolute Gasteiger partial charge is 0.251 e. The van der Waals surface area contributed by atoms with Crippen molar-refractivity contribution in [3.63, 3.8) is 0 Å². The van der Waals surface area contributed by atoms with E-state index in [2.05, 4.69) is 15.6 Å². The number of anilines is 1. The standard InChI is InChI=1S/C28H34N4O5/c1-16(2)24(25(34)23-17(3)26(35)31-28(23)37)30-22(33)15-21(18-10-7-6-8-11-18)29-27(36)19-12-9-13-20(14-19)32(4)5/h6-14,16,21,24,31,35,37H,15H2,1-5H3,(H,29,36)(H,30,33)/t21-,24-/m0/s1. The van der Waals surface area contributed by atoms with Gasteiger partial charge in [0.2, 0.25) is 11.8 Å². The molecule has 1 aromatic heterocycles. The highest BCUT2D eigenvalue weighted by molar-refractivity contribution is 6.05. The van der Waals surface area contributed by atoms with Crippen LogP contribution >= 0.6 is 0 Å². The van der Waals surface area contributed by atoms with Gasteiger partial charge in [0, 0.05) is 30.9 Å². The molecule has 2 amide bonds. The summed E-state index contributed by atoms with van der Waals surface area (Å²) in [4.78, 5) is 43.7. The molecule has 9 heteroatoms. The molecule has 3 aromatic rings. The molecule has 0 aliphatic carbocycles. The van der Waals surface area contributed by atoms with Crippen molar-refractivity contribution in [1.82, 2.24) is 15.6 Å². The van der Waals surface area contributed by atoms with Crippen LogP contribution in [0.3, 0.4) is 0 Å². The predicted molar refractivity (Wildman–Crippen MR) is 142 cm³/mol. The van der Waals surface area contributed by atoms with Crippen molar-refractivity contribution in [2.24, 2.45) is 5.92 Å². The summed E-state index contributed by atoms with van der Waals surface area (Å²) < 4.78 is 0. The molecule has 0 saturated heterocycles. The number of ketones is 1. The molecule has 5 N–H and O–H groups in total. The first kappa shape index (κ1) is 27.3. The number of hydrogen-bond donors (Lipinski definition) is 5. The molecule has 196 valence electrons. The maximum atomic E-state index is 13.2. The van der Waals surface area contributed by atoms with Crippen molar-refractivity contribution in [2.45, 2.75) is 39.3 Å². The van der Waals surface area contributed by atoms with Crippen molar-refractivity contribution in [3.8, 4) is 11.8 Å². The summed E-state index contributed by atoms with van der Waals surface area (Å²) >= 11 is 0. The van der Waals surface area contributed by atoms with E-state index >= 15 is 0 Å².